The lowest BCUT2D eigenvalue weighted by molar-refractivity contribution is 0.0784. The van der Waals surface area contributed by atoms with Gasteiger partial charge in [-0.15, -0.1) is 0 Å². The van der Waals surface area contributed by atoms with E-state index in [1.54, 1.807) is 0 Å². The normalized spacial score (nSPS) is 27.9. The van der Waals surface area contributed by atoms with Crippen molar-refractivity contribution in [3.8, 4) is 0 Å². The molecule has 2 aliphatic heterocycles. The van der Waals surface area contributed by atoms with E-state index in [2.05, 4.69) is 22.3 Å². The molecule has 2 heterocycles. The monoisotopic (exact) mass is 270 g/mol. The lowest BCUT2D eigenvalue weighted by Gasteiger charge is -2.22. The van der Waals surface area contributed by atoms with Crippen LogP contribution < -0.4 is 5.32 Å². The van der Waals surface area contributed by atoms with Crippen molar-refractivity contribution in [2.75, 3.05) is 25.0 Å². The molecule has 0 aromatic heterocycles. The molecule has 3 heteroatoms. The quantitative estimate of drug-likeness (QED) is 0.851. The Morgan fingerprint density at radius 2 is 1.90 bits per heavy atom. The number of nitrogens with zero attached hydrogens (tertiary/aromatic N) is 1. The molecule has 1 aromatic rings. The Morgan fingerprint density at radius 3 is 2.65 bits per heavy atom. The Kier molecular flexibility index (Phi) is 2.94. The Balaban J connectivity index is 1.53. The van der Waals surface area contributed by atoms with Crippen LogP contribution in [0.5, 0.6) is 0 Å². The van der Waals surface area contributed by atoms with Gasteiger partial charge in [-0.05, 0) is 54.9 Å². The third kappa shape index (κ3) is 2.00. The summed E-state index contributed by atoms with van der Waals surface area (Å²) in [6.07, 6.45) is 6.40. The van der Waals surface area contributed by atoms with Gasteiger partial charge in [-0.3, -0.25) is 4.79 Å². The third-order valence-electron chi connectivity index (χ3n) is 5.33. The summed E-state index contributed by atoms with van der Waals surface area (Å²) in [4.78, 5) is 14.8. The van der Waals surface area contributed by atoms with E-state index in [1.165, 1.54) is 36.9 Å². The maximum absolute atomic E-state index is 12.7. The molecule has 2 unspecified atom stereocenters. The van der Waals surface area contributed by atoms with Crippen molar-refractivity contribution in [2.45, 2.75) is 32.1 Å². The summed E-state index contributed by atoms with van der Waals surface area (Å²) in [5.41, 5.74) is 3.38. The Hall–Kier alpha value is -1.51. The number of hydrogen-bond donors (Lipinski definition) is 1. The van der Waals surface area contributed by atoms with Crippen LogP contribution in [0.15, 0.2) is 18.2 Å². The van der Waals surface area contributed by atoms with E-state index in [0.717, 1.165) is 43.5 Å². The van der Waals surface area contributed by atoms with Crippen molar-refractivity contribution in [3.05, 3.63) is 29.3 Å². The van der Waals surface area contributed by atoms with Crippen molar-refractivity contribution in [1.82, 2.24) is 4.90 Å². The highest BCUT2D eigenvalue weighted by atomic mass is 16.2. The van der Waals surface area contributed by atoms with E-state index in [9.17, 15) is 4.79 Å². The van der Waals surface area contributed by atoms with Crippen molar-refractivity contribution in [2.24, 2.45) is 11.8 Å². The number of benzene rings is 1. The van der Waals surface area contributed by atoms with Crippen LogP contribution in [0.1, 0.15) is 41.6 Å². The molecule has 0 spiro atoms. The molecule has 1 aromatic carbocycles. The van der Waals surface area contributed by atoms with E-state index < -0.39 is 0 Å². The molecule has 1 amide bonds. The minimum Gasteiger partial charge on any atom is -0.384 e. The molecular weight excluding hydrogens is 248 g/mol. The molecule has 2 fully saturated rings. The molecule has 20 heavy (non-hydrogen) atoms. The van der Waals surface area contributed by atoms with Gasteiger partial charge in [0.2, 0.25) is 0 Å². The zero-order valence-corrected chi connectivity index (χ0v) is 11.9. The van der Waals surface area contributed by atoms with E-state index in [0.29, 0.717) is 0 Å². The summed E-state index contributed by atoms with van der Waals surface area (Å²) in [5.74, 6) is 1.78. The van der Waals surface area contributed by atoms with Gasteiger partial charge in [0.05, 0.1) is 0 Å². The van der Waals surface area contributed by atoms with Gasteiger partial charge in [0, 0.05) is 30.9 Å². The minimum atomic E-state index is 0.245. The predicted molar refractivity (Wildman–Crippen MR) is 80.0 cm³/mol. The predicted octanol–water partition coefficient (Wildman–Crippen LogP) is 2.92. The summed E-state index contributed by atoms with van der Waals surface area (Å²) >= 11 is 0. The number of anilines is 1. The summed E-state index contributed by atoms with van der Waals surface area (Å²) in [6.45, 7) is 2.97. The van der Waals surface area contributed by atoms with Crippen LogP contribution in [0.2, 0.25) is 0 Å². The van der Waals surface area contributed by atoms with Gasteiger partial charge in [0.15, 0.2) is 0 Å². The molecule has 106 valence electrons. The molecule has 0 radical (unpaired) electrons. The fourth-order valence-corrected chi connectivity index (χ4v) is 4.19. The first-order valence-electron chi connectivity index (χ1n) is 7.97. The summed E-state index contributed by atoms with van der Waals surface area (Å²) < 4.78 is 0. The average molecular weight is 270 g/mol. The molecule has 1 saturated carbocycles. The zero-order valence-electron chi connectivity index (χ0n) is 11.9. The van der Waals surface area contributed by atoms with E-state index in [1.807, 2.05) is 6.07 Å². The average Bonchev–Trinajstić information content (AvgIpc) is 3.11. The van der Waals surface area contributed by atoms with Gasteiger partial charge in [0.25, 0.3) is 5.91 Å². The van der Waals surface area contributed by atoms with Gasteiger partial charge in [0.1, 0.15) is 0 Å². The van der Waals surface area contributed by atoms with Crippen LogP contribution in [0.4, 0.5) is 5.69 Å². The zero-order chi connectivity index (χ0) is 13.5. The number of amides is 1. The summed E-state index contributed by atoms with van der Waals surface area (Å²) in [5, 5.41) is 3.35. The fourth-order valence-electron chi connectivity index (χ4n) is 4.19. The Bertz CT molecular complexity index is 526. The van der Waals surface area contributed by atoms with Crippen LogP contribution in [-0.4, -0.2) is 30.4 Å². The van der Waals surface area contributed by atoms with Crippen molar-refractivity contribution < 1.29 is 4.79 Å². The molecule has 2 atom stereocenters. The van der Waals surface area contributed by atoms with E-state index in [4.69, 9.17) is 0 Å². The van der Waals surface area contributed by atoms with Crippen LogP contribution in [0.3, 0.4) is 0 Å². The first-order chi connectivity index (χ1) is 9.81. The standard InChI is InChI=1S/C17H22N2O/c20-17(13-5-6-16-12(9-13)7-8-18-16)19-10-14-3-1-2-4-15(14)11-19/h5-6,9,14-15,18H,1-4,7-8,10-11H2. The summed E-state index contributed by atoms with van der Waals surface area (Å²) in [6, 6.07) is 6.15. The molecule has 3 nitrogen and oxygen atoms in total. The van der Waals surface area contributed by atoms with Gasteiger partial charge >= 0.3 is 0 Å². The fraction of sp³-hybridized carbons (Fsp3) is 0.588. The maximum atomic E-state index is 12.7. The first kappa shape index (κ1) is 12.2. The molecule has 0 bridgehead atoms. The molecule has 3 aliphatic rings. The van der Waals surface area contributed by atoms with Gasteiger partial charge in [-0.25, -0.2) is 0 Å². The Morgan fingerprint density at radius 1 is 1.15 bits per heavy atom. The number of carbonyl (C=O) groups excluding carboxylic acids is 1. The maximum Gasteiger partial charge on any atom is 0.253 e. The van der Waals surface area contributed by atoms with Gasteiger partial charge in [-0.2, -0.15) is 0 Å². The number of likely N-dealkylation sites (tertiary alicyclic amines) is 1. The third-order valence-corrected chi connectivity index (χ3v) is 5.33. The molecule has 1 N–H and O–H groups in total. The topological polar surface area (TPSA) is 32.3 Å². The van der Waals surface area contributed by atoms with Crippen LogP contribution >= 0.6 is 0 Å². The second-order valence-corrected chi connectivity index (χ2v) is 6.56. The Labute approximate surface area is 120 Å². The second kappa shape index (κ2) is 4.80. The molecular formula is C17H22N2O. The van der Waals surface area contributed by atoms with Gasteiger partial charge < -0.3 is 10.2 Å². The number of nitrogens with one attached hydrogen (secondary N) is 1. The molecule has 1 aliphatic carbocycles. The van der Waals surface area contributed by atoms with E-state index in [-0.39, 0.29) is 5.91 Å². The second-order valence-electron chi connectivity index (χ2n) is 6.56. The SMILES string of the molecule is O=C(c1ccc2c(c1)CCN2)N1CC2CCCCC2C1. The van der Waals surface area contributed by atoms with Gasteiger partial charge in [-0.1, -0.05) is 12.8 Å². The number of hydrogen-bond acceptors (Lipinski definition) is 2. The first-order valence-corrected chi connectivity index (χ1v) is 7.97. The van der Waals surface area contributed by atoms with Crippen LogP contribution in [0, 0.1) is 11.8 Å². The highest BCUT2D eigenvalue weighted by Crippen LogP contribution is 2.36. The van der Waals surface area contributed by atoms with Crippen LogP contribution in [0.25, 0.3) is 0 Å². The molecule has 1 saturated heterocycles. The smallest absolute Gasteiger partial charge is 0.253 e. The van der Waals surface area contributed by atoms with Crippen molar-refractivity contribution in [3.63, 3.8) is 0 Å². The lowest BCUT2D eigenvalue weighted by Crippen LogP contribution is -2.29. The lowest BCUT2D eigenvalue weighted by atomic mass is 9.82. The van der Waals surface area contributed by atoms with Crippen molar-refractivity contribution >= 4 is 11.6 Å². The van der Waals surface area contributed by atoms with Crippen molar-refractivity contribution in [1.29, 1.82) is 0 Å². The number of rotatable bonds is 1. The largest absolute Gasteiger partial charge is 0.384 e. The van der Waals surface area contributed by atoms with E-state index >= 15 is 0 Å². The highest BCUT2D eigenvalue weighted by molar-refractivity contribution is 5.95. The number of fused-ring (bicyclic) bond motifs is 2. The summed E-state index contributed by atoms with van der Waals surface area (Å²) in [7, 11) is 0. The number of carbonyl (C=O) groups is 1. The minimum absolute atomic E-state index is 0.245. The molecule has 4 rings (SSSR count). The highest BCUT2D eigenvalue weighted by Gasteiger charge is 2.36. The van der Waals surface area contributed by atoms with Crippen LogP contribution in [-0.2, 0) is 6.42 Å².